The van der Waals surface area contributed by atoms with Gasteiger partial charge in [0, 0.05) is 24.7 Å². The van der Waals surface area contributed by atoms with Crippen LogP contribution in [0.4, 0.5) is 0 Å². The smallest absolute Gasteiger partial charge is 0.309 e. The lowest BCUT2D eigenvalue weighted by atomic mass is 9.96. The zero-order chi connectivity index (χ0) is 18.0. The minimum atomic E-state index is -0.143. The van der Waals surface area contributed by atoms with E-state index in [0.29, 0.717) is 44.1 Å². The molecule has 1 aliphatic rings. The van der Waals surface area contributed by atoms with Gasteiger partial charge in [-0.15, -0.1) is 0 Å². The summed E-state index contributed by atoms with van der Waals surface area (Å²) in [5.74, 6) is -0.230. The normalized spacial score (nSPS) is 15.8. The predicted molar refractivity (Wildman–Crippen MR) is 95.4 cm³/mol. The summed E-state index contributed by atoms with van der Waals surface area (Å²) in [5.41, 5.74) is 2.52. The Bertz CT molecular complexity index is 773. The molecule has 6 heteroatoms. The van der Waals surface area contributed by atoms with Gasteiger partial charge in [0.15, 0.2) is 0 Å². The van der Waals surface area contributed by atoms with Crippen molar-refractivity contribution in [2.24, 2.45) is 5.92 Å². The van der Waals surface area contributed by atoms with Crippen molar-refractivity contribution in [1.82, 2.24) is 14.5 Å². The summed E-state index contributed by atoms with van der Waals surface area (Å²) in [4.78, 5) is 30.8. The Morgan fingerprint density at radius 1 is 1.28 bits per heavy atom. The highest BCUT2D eigenvalue weighted by Crippen LogP contribution is 2.23. The largest absolute Gasteiger partial charge is 0.466 e. The summed E-state index contributed by atoms with van der Waals surface area (Å²) in [5, 5.41) is 0. The Kier molecular flexibility index (Phi) is 5.06. The van der Waals surface area contributed by atoms with Crippen molar-refractivity contribution in [3.05, 3.63) is 30.1 Å². The Balaban J connectivity index is 1.70. The summed E-state index contributed by atoms with van der Waals surface area (Å²) >= 11 is 0. The van der Waals surface area contributed by atoms with Gasteiger partial charge in [-0.3, -0.25) is 9.59 Å². The first-order valence-electron chi connectivity index (χ1n) is 8.93. The van der Waals surface area contributed by atoms with Crippen LogP contribution in [0.15, 0.2) is 24.5 Å². The SMILES string of the molecule is CCOC(=O)C1CCN(C(=O)c2ccc3c(c2)ncn3C(C)C)CC1. The number of piperidine rings is 1. The third-order valence-corrected chi connectivity index (χ3v) is 4.78. The van der Waals surface area contributed by atoms with Crippen molar-refractivity contribution < 1.29 is 14.3 Å². The number of benzene rings is 1. The van der Waals surface area contributed by atoms with Gasteiger partial charge in [0.1, 0.15) is 0 Å². The van der Waals surface area contributed by atoms with Gasteiger partial charge in [-0.25, -0.2) is 4.98 Å². The minimum absolute atomic E-state index is 0.00306. The molecule has 0 spiro atoms. The molecule has 25 heavy (non-hydrogen) atoms. The molecule has 1 amide bonds. The fourth-order valence-corrected chi connectivity index (χ4v) is 3.34. The minimum Gasteiger partial charge on any atom is -0.466 e. The van der Waals surface area contributed by atoms with E-state index >= 15 is 0 Å². The van der Waals surface area contributed by atoms with Crippen LogP contribution in [0.2, 0.25) is 0 Å². The molecule has 0 radical (unpaired) electrons. The first kappa shape index (κ1) is 17.5. The Morgan fingerprint density at radius 2 is 2.00 bits per heavy atom. The zero-order valence-corrected chi connectivity index (χ0v) is 15.1. The number of fused-ring (bicyclic) bond motifs is 1. The number of likely N-dealkylation sites (tertiary alicyclic amines) is 1. The molecule has 0 atom stereocenters. The van der Waals surface area contributed by atoms with Crippen LogP contribution >= 0.6 is 0 Å². The molecule has 0 bridgehead atoms. The average Bonchev–Trinajstić information content (AvgIpc) is 3.05. The van der Waals surface area contributed by atoms with E-state index in [-0.39, 0.29) is 17.8 Å². The summed E-state index contributed by atoms with van der Waals surface area (Å²) in [6, 6.07) is 6.01. The van der Waals surface area contributed by atoms with Gasteiger partial charge in [-0.2, -0.15) is 0 Å². The van der Waals surface area contributed by atoms with Crippen molar-refractivity contribution >= 4 is 22.9 Å². The first-order valence-corrected chi connectivity index (χ1v) is 8.93. The van der Waals surface area contributed by atoms with Gasteiger partial charge in [0.25, 0.3) is 5.91 Å². The maximum Gasteiger partial charge on any atom is 0.309 e. The van der Waals surface area contributed by atoms with Crippen molar-refractivity contribution in [2.45, 2.75) is 39.7 Å². The fourth-order valence-electron chi connectivity index (χ4n) is 3.34. The number of imidazole rings is 1. The fraction of sp³-hybridized carbons (Fsp3) is 0.526. The molecule has 1 aromatic heterocycles. The number of nitrogens with zero attached hydrogens (tertiary/aromatic N) is 3. The van der Waals surface area contributed by atoms with Crippen LogP contribution in [-0.2, 0) is 9.53 Å². The first-order chi connectivity index (χ1) is 12.0. The molecule has 0 aliphatic carbocycles. The van der Waals surface area contributed by atoms with Gasteiger partial charge in [-0.1, -0.05) is 0 Å². The van der Waals surface area contributed by atoms with E-state index in [1.807, 2.05) is 36.4 Å². The third kappa shape index (κ3) is 3.52. The highest BCUT2D eigenvalue weighted by molar-refractivity contribution is 5.97. The van der Waals surface area contributed by atoms with Gasteiger partial charge < -0.3 is 14.2 Å². The highest BCUT2D eigenvalue weighted by Gasteiger charge is 2.28. The van der Waals surface area contributed by atoms with Crippen LogP contribution in [-0.4, -0.2) is 46.0 Å². The number of aromatic nitrogens is 2. The molecule has 0 N–H and O–H groups in total. The summed E-state index contributed by atoms with van der Waals surface area (Å²) < 4.78 is 7.17. The molecule has 1 fully saturated rings. The van der Waals surface area contributed by atoms with E-state index in [0.717, 1.165) is 11.0 Å². The lowest BCUT2D eigenvalue weighted by Crippen LogP contribution is -2.40. The number of ether oxygens (including phenoxy) is 1. The number of hydrogen-bond acceptors (Lipinski definition) is 4. The molecule has 2 heterocycles. The van der Waals surface area contributed by atoms with Crippen LogP contribution < -0.4 is 0 Å². The number of carbonyl (C=O) groups excluding carboxylic acids is 2. The van der Waals surface area contributed by atoms with Gasteiger partial charge in [0.2, 0.25) is 0 Å². The lowest BCUT2D eigenvalue weighted by Gasteiger charge is -2.31. The van der Waals surface area contributed by atoms with Crippen LogP contribution in [0, 0.1) is 5.92 Å². The number of hydrogen-bond donors (Lipinski definition) is 0. The van der Waals surface area contributed by atoms with Crippen molar-refractivity contribution in [3.8, 4) is 0 Å². The molecule has 0 saturated carbocycles. The van der Waals surface area contributed by atoms with E-state index in [9.17, 15) is 9.59 Å². The monoisotopic (exact) mass is 343 g/mol. The number of carbonyl (C=O) groups is 2. The maximum atomic E-state index is 12.8. The van der Waals surface area contributed by atoms with Crippen LogP contribution in [0.5, 0.6) is 0 Å². The Labute approximate surface area is 147 Å². The maximum absolute atomic E-state index is 12.8. The molecule has 0 unspecified atom stereocenters. The molecular weight excluding hydrogens is 318 g/mol. The van der Waals surface area contributed by atoms with E-state index in [1.165, 1.54) is 0 Å². The summed E-state index contributed by atoms with van der Waals surface area (Å²) in [6.07, 6.45) is 3.14. The zero-order valence-electron chi connectivity index (χ0n) is 15.1. The molecule has 6 nitrogen and oxygen atoms in total. The van der Waals surface area contributed by atoms with Crippen LogP contribution in [0.3, 0.4) is 0 Å². The van der Waals surface area contributed by atoms with E-state index in [1.54, 1.807) is 0 Å². The molecule has 2 aromatic rings. The number of esters is 1. The van der Waals surface area contributed by atoms with E-state index in [2.05, 4.69) is 23.4 Å². The standard InChI is InChI=1S/C19H25N3O3/c1-4-25-19(24)14-7-9-21(10-8-14)18(23)15-5-6-17-16(11-15)20-12-22(17)13(2)3/h5-6,11-14H,4,7-10H2,1-3H3. The second kappa shape index (κ2) is 7.25. The molecule has 1 aromatic carbocycles. The molecule has 134 valence electrons. The van der Waals surface area contributed by atoms with E-state index in [4.69, 9.17) is 4.74 Å². The number of amides is 1. The quantitative estimate of drug-likeness (QED) is 0.801. The molecule has 1 saturated heterocycles. The average molecular weight is 343 g/mol. The molecule has 3 rings (SSSR count). The Morgan fingerprint density at radius 3 is 2.64 bits per heavy atom. The third-order valence-electron chi connectivity index (χ3n) is 4.78. The van der Waals surface area contributed by atoms with Gasteiger partial charge in [-0.05, 0) is 51.8 Å². The summed E-state index contributed by atoms with van der Waals surface area (Å²) in [7, 11) is 0. The Hall–Kier alpha value is -2.37. The predicted octanol–water partition coefficient (Wildman–Crippen LogP) is 3.03. The van der Waals surface area contributed by atoms with Crippen LogP contribution in [0.1, 0.15) is 50.0 Å². The topological polar surface area (TPSA) is 64.4 Å². The second-order valence-corrected chi connectivity index (χ2v) is 6.77. The van der Waals surface area contributed by atoms with Gasteiger partial charge in [0.05, 0.1) is 29.9 Å². The van der Waals surface area contributed by atoms with E-state index < -0.39 is 0 Å². The summed E-state index contributed by atoms with van der Waals surface area (Å²) in [6.45, 7) is 7.59. The van der Waals surface area contributed by atoms with Gasteiger partial charge >= 0.3 is 5.97 Å². The van der Waals surface area contributed by atoms with Crippen molar-refractivity contribution in [2.75, 3.05) is 19.7 Å². The van der Waals surface area contributed by atoms with Crippen LogP contribution in [0.25, 0.3) is 11.0 Å². The van der Waals surface area contributed by atoms with Crippen molar-refractivity contribution in [1.29, 1.82) is 0 Å². The highest BCUT2D eigenvalue weighted by atomic mass is 16.5. The lowest BCUT2D eigenvalue weighted by molar-refractivity contribution is -0.149. The molecule has 1 aliphatic heterocycles. The second-order valence-electron chi connectivity index (χ2n) is 6.77. The van der Waals surface area contributed by atoms with Crippen molar-refractivity contribution in [3.63, 3.8) is 0 Å². The number of rotatable bonds is 4. The molecular formula is C19H25N3O3.